The van der Waals surface area contributed by atoms with Gasteiger partial charge in [-0.2, -0.15) is 4.31 Å². The van der Waals surface area contributed by atoms with Crippen molar-refractivity contribution in [1.82, 2.24) is 9.62 Å². The van der Waals surface area contributed by atoms with Crippen LogP contribution < -0.4 is 5.32 Å². The van der Waals surface area contributed by atoms with E-state index in [0.29, 0.717) is 31.2 Å². The number of hydrogen-bond acceptors (Lipinski definition) is 4. The number of rotatable bonds is 4. The largest absolute Gasteiger partial charge is 0.464 e. The van der Waals surface area contributed by atoms with E-state index < -0.39 is 10.0 Å². The number of furan rings is 1. The highest BCUT2D eigenvalue weighted by Crippen LogP contribution is 2.25. The molecule has 19 heavy (non-hydrogen) atoms. The van der Waals surface area contributed by atoms with Crippen molar-refractivity contribution in [2.45, 2.75) is 31.7 Å². The molecule has 0 spiro atoms. The predicted molar refractivity (Wildman–Crippen MR) is 73.3 cm³/mol. The van der Waals surface area contributed by atoms with Gasteiger partial charge in [-0.1, -0.05) is 11.6 Å². The first-order valence-corrected chi connectivity index (χ1v) is 7.79. The summed E-state index contributed by atoms with van der Waals surface area (Å²) in [7, 11) is -1.65. The van der Waals surface area contributed by atoms with E-state index in [9.17, 15) is 8.42 Å². The third-order valence-electron chi connectivity index (χ3n) is 3.29. The van der Waals surface area contributed by atoms with Gasteiger partial charge in [0.25, 0.3) is 0 Å². The van der Waals surface area contributed by atoms with Crippen LogP contribution in [0.4, 0.5) is 0 Å². The Labute approximate surface area is 114 Å². The van der Waals surface area contributed by atoms with Crippen molar-refractivity contribution < 1.29 is 12.8 Å². The third kappa shape index (κ3) is 2.91. The van der Waals surface area contributed by atoms with E-state index in [4.69, 9.17) is 4.42 Å². The van der Waals surface area contributed by atoms with Crippen LogP contribution in [0.15, 0.2) is 27.0 Å². The Kier molecular flexibility index (Phi) is 4.13. The van der Waals surface area contributed by atoms with Gasteiger partial charge in [0.1, 0.15) is 16.4 Å². The Hall–Kier alpha value is -1.11. The van der Waals surface area contributed by atoms with Crippen molar-refractivity contribution in [2.75, 3.05) is 20.1 Å². The molecule has 0 saturated carbocycles. The summed E-state index contributed by atoms with van der Waals surface area (Å²) in [6.07, 6.45) is 2.75. The molecule has 0 unspecified atom stereocenters. The van der Waals surface area contributed by atoms with Gasteiger partial charge in [0, 0.05) is 19.2 Å². The van der Waals surface area contributed by atoms with Crippen molar-refractivity contribution in [2.24, 2.45) is 0 Å². The molecule has 1 aliphatic heterocycles. The number of aryl methyl sites for hydroxylation is 1. The summed E-state index contributed by atoms with van der Waals surface area (Å²) in [4.78, 5) is 0.283. The average molecular weight is 284 g/mol. The second-order valence-electron chi connectivity index (χ2n) is 4.83. The molecular weight excluding hydrogens is 264 g/mol. The van der Waals surface area contributed by atoms with Crippen LogP contribution >= 0.6 is 0 Å². The molecule has 0 amide bonds. The zero-order valence-corrected chi connectivity index (χ0v) is 12.4. The molecule has 0 radical (unpaired) electrons. The molecule has 2 rings (SSSR count). The fourth-order valence-corrected chi connectivity index (χ4v) is 3.72. The van der Waals surface area contributed by atoms with Gasteiger partial charge in [-0.25, -0.2) is 8.42 Å². The molecule has 0 atom stereocenters. The summed E-state index contributed by atoms with van der Waals surface area (Å²) in [6, 6.07) is 1.62. The van der Waals surface area contributed by atoms with Crippen LogP contribution in [0, 0.1) is 6.92 Å². The molecular formula is C13H20N2O3S. The number of nitrogens with zero attached hydrogens (tertiary/aromatic N) is 1. The van der Waals surface area contributed by atoms with Crippen LogP contribution in [0.2, 0.25) is 0 Å². The second-order valence-corrected chi connectivity index (χ2v) is 6.73. The summed E-state index contributed by atoms with van der Waals surface area (Å²) in [5, 5.41) is 2.95. The summed E-state index contributed by atoms with van der Waals surface area (Å²) in [6.45, 7) is 5.22. The lowest BCUT2D eigenvalue weighted by atomic mass is 10.1. The minimum absolute atomic E-state index is 0.283. The normalized spacial score (nSPS) is 17.5. The van der Waals surface area contributed by atoms with E-state index in [1.807, 2.05) is 13.0 Å². The van der Waals surface area contributed by atoms with Gasteiger partial charge in [-0.3, -0.25) is 0 Å². The fraction of sp³-hybridized carbons (Fsp3) is 0.538. The zero-order chi connectivity index (χ0) is 14.0. The summed E-state index contributed by atoms with van der Waals surface area (Å²) in [5.74, 6) is 1.10. The van der Waals surface area contributed by atoms with Gasteiger partial charge in [0.05, 0.1) is 6.54 Å². The number of hydrogen-bond donors (Lipinski definition) is 1. The smallest absolute Gasteiger partial charge is 0.246 e. The molecule has 6 heteroatoms. The fourth-order valence-electron chi connectivity index (χ4n) is 2.15. The lowest BCUT2D eigenvalue weighted by Gasteiger charge is -2.24. The average Bonchev–Trinajstić information content (AvgIpc) is 2.72. The Morgan fingerprint density at radius 2 is 2.16 bits per heavy atom. The first-order valence-electron chi connectivity index (χ1n) is 6.35. The van der Waals surface area contributed by atoms with Gasteiger partial charge in [0.15, 0.2) is 0 Å². The molecule has 0 saturated heterocycles. The van der Waals surface area contributed by atoms with Crippen LogP contribution in [0.1, 0.15) is 24.9 Å². The zero-order valence-electron chi connectivity index (χ0n) is 11.6. The highest BCUT2D eigenvalue weighted by Gasteiger charge is 2.29. The van der Waals surface area contributed by atoms with Gasteiger partial charge in [-0.05, 0) is 27.3 Å². The SMILES string of the molecule is CNCc1cc(S(=O)(=O)N2CC=C(C)CC2)c(C)o1. The predicted octanol–water partition coefficient (Wildman–Crippen LogP) is 1.65. The maximum atomic E-state index is 12.5. The molecule has 5 nitrogen and oxygen atoms in total. The lowest BCUT2D eigenvalue weighted by molar-refractivity contribution is 0.427. The van der Waals surface area contributed by atoms with E-state index in [-0.39, 0.29) is 4.90 Å². The first-order chi connectivity index (χ1) is 8.95. The van der Waals surface area contributed by atoms with Crippen molar-refractivity contribution in [3.63, 3.8) is 0 Å². The molecule has 1 N–H and O–H groups in total. The number of nitrogens with one attached hydrogen (secondary N) is 1. The van der Waals surface area contributed by atoms with Gasteiger partial charge in [-0.15, -0.1) is 0 Å². The van der Waals surface area contributed by atoms with E-state index in [1.54, 1.807) is 20.0 Å². The van der Waals surface area contributed by atoms with E-state index in [2.05, 4.69) is 5.32 Å². The van der Waals surface area contributed by atoms with Crippen LogP contribution in [0.25, 0.3) is 0 Å². The Morgan fingerprint density at radius 3 is 2.74 bits per heavy atom. The standard InChI is InChI=1S/C13H20N2O3S/c1-10-4-6-15(7-5-10)19(16,17)13-8-12(9-14-3)18-11(13)2/h4,8,14H,5-7,9H2,1-3H3. The highest BCUT2D eigenvalue weighted by molar-refractivity contribution is 7.89. The van der Waals surface area contributed by atoms with E-state index in [1.165, 1.54) is 9.88 Å². The molecule has 1 aliphatic rings. The molecule has 1 aromatic heterocycles. The highest BCUT2D eigenvalue weighted by atomic mass is 32.2. The molecule has 0 bridgehead atoms. The third-order valence-corrected chi connectivity index (χ3v) is 5.26. The van der Waals surface area contributed by atoms with E-state index >= 15 is 0 Å². The Bertz CT molecular complexity index is 587. The van der Waals surface area contributed by atoms with Crippen molar-refractivity contribution in [3.05, 3.63) is 29.2 Å². The Morgan fingerprint density at radius 1 is 1.42 bits per heavy atom. The van der Waals surface area contributed by atoms with Gasteiger partial charge >= 0.3 is 0 Å². The quantitative estimate of drug-likeness (QED) is 0.854. The van der Waals surface area contributed by atoms with Crippen LogP contribution in [0.5, 0.6) is 0 Å². The minimum atomic E-state index is -3.45. The molecule has 106 valence electrons. The molecule has 2 heterocycles. The van der Waals surface area contributed by atoms with Gasteiger partial charge < -0.3 is 9.73 Å². The lowest BCUT2D eigenvalue weighted by Crippen LogP contribution is -2.34. The topological polar surface area (TPSA) is 62.6 Å². The number of sulfonamides is 1. The van der Waals surface area contributed by atoms with Crippen LogP contribution in [-0.2, 0) is 16.6 Å². The molecule has 0 aliphatic carbocycles. The van der Waals surface area contributed by atoms with Crippen molar-refractivity contribution in [1.29, 1.82) is 0 Å². The maximum absolute atomic E-state index is 12.5. The first kappa shape index (κ1) is 14.3. The molecule has 0 fully saturated rings. The van der Waals surface area contributed by atoms with E-state index in [0.717, 1.165) is 6.42 Å². The minimum Gasteiger partial charge on any atom is -0.464 e. The maximum Gasteiger partial charge on any atom is 0.246 e. The summed E-state index contributed by atoms with van der Waals surface area (Å²) in [5.41, 5.74) is 1.24. The monoisotopic (exact) mass is 284 g/mol. The molecule has 0 aromatic carbocycles. The van der Waals surface area contributed by atoms with Gasteiger partial charge in [0.2, 0.25) is 10.0 Å². The summed E-state index contributed by atoms with van der Waals surface area (Å²) >= 11 is 0. The van der Waals surface area contributed by atoms with Crippen molar-refractivity contribution >= 4 is 10.0 Å². The summed E-state index contributed by atoms with van der Waals surface area (Å²) < 4.78 is 32.1. The van der Waals surface area contributed by atoms with Crippen LogP contribution in [0.3, 0.4) is 0 Å². The molecule has 1 aromatic rings. The second kappa shape index (κ2) is 5.48. The van der Waals surface area contributed by atoms with Crippen molar-refractivity contribution in [3.8, 4) is 0 Å². The Balaban J connectivity index is 2.29. The van der Waals surface area contributed by atoms with Crippen LogP contribution in [-0.4, -0.2) is 32.9 Å².